The smallest absolute Gasteiger partial charge is 0.228 e. The number of Topliss-reactive ketones (excluding diaryl/α,β-unsaturated/α-hetero) is 1. The van der Waals surface area contributed by atoms with Crippen LogP contribution in [0, 0.1) is 0 Å². The van der Waals surface area contributed by atoms with Crippen LogP contribution in [0.2, 0.25) is 0 Å². The van der Waals surface area contributed by atoms with E-state index < -0.39 is 0 Å². The van der Waals surface area contributed by atoms with Crippen LogP contribution in [0.4, 0.5) is 11.6 Å². The first-order chi connectivity index (χ1) is 13.5. The molecule has 2 aromatic rings. The molecule has 0 radical (unpaired) electrons. The Hall–Kier alpha value is -2.39. The van der Waals surface area contributed by atoms with Crippen molar-refractivity contribution in [1.29, 1.82) is 0 Å². The van der Waals surface area contributed by atoms with Gasteiger partial charge in [0.2, 0.25) is 11.9 Å². The third kappa shape index (κ3) is 4.71. The van der Waals surface area contributed by atoms with Gasteiger partial charge < -0.3 is 15.0 Å². The van der Waals surface area contributed by atoms with Gasteiger partial charge in [-0.15, -0.1) is 10.2 Å². The molecule has 1 saturated heterocycles. The Kier molecular flexibility index (Phi) is 6.69. The SMILES string of the molecule is CCn1c(S[C@H](C)C(=O)c2ccc(NC(C)=O)cc2)nnc1N1CCOCC1. The molecular formula is C19H25N5O3S. The van der Waals surface area contributed by atoms with Gasteiger partial charge in [-0.1, -0.05) is 11.8 Å². The van der Waals surface area contributed by atoms with Crippen LogP contribution < -0.4 is 10.2 Å². The van der Waals surface area contributed by atoms with Gasteiger partial charge in [-0.3, -0.25) is 14.2 Å². The average molecular weight is 404 g/mol. The summed E-state index contributed by atoms with van der Waals surface area (Å²) in [7, 11) is 0. The maximum atomic E-state index is 12.8. The number of hydrogen-bond donors (Lipinski definition) is 1. The minimum atomic E-state index is -0.307. The first-order valence-electron chi connectivity index (χ1n) is 9.34. The van der Waals surface area contributed by atoms with Gasteiger partial charge in [-0.25, -0.2) is 0 Å². The summed E-state index contributed by atoms with van der Waals surface area (Å²) in [5, 5.41) is 11.8. The number of anilines is 2. The zero-order valence-corrected chi connectivity index (χ0v) is 17.2. The molecule has 2 heterocycles. The highest BCUT2D eigenvalue weighted by Crippen LogP contribution is 2.28. The number of carbonyl (C=O) groups excluding carboxylic acids is 2. The number of morpholine rings is 1. The maximum absolute atomic E-state index is 12.8. The van der Waals surface area contributed by atoms with Gasteiger partial charge in [0.05, 0.1) is 18.5 Å². The van der Waals surface area contributed by atoms with E-state index in [1.807, 2.05) is 18.4 Å². The van der Waals surface area contributed by atoms with E-state index in [1.165, 1.54) is 18.7 Å². The molecule has 1 aliphatic heterocycles. The number of amides is 1. The highest BCUT2D eigenvalue weighted by Gasteiger charge is 2.23. The number of ketones is 1. The van der Waals surface area contributed by atoms with Crippen LogP contribution >= 0.6 is 11.8 Å². The summed E-state index contributed by atoms with van der Waals surface area (Å²) in [5.74, 6) is 0.698. The van der Waals surface area contributed by atoms with Gasteiger partial charge in [0.25, 0.3) is 0 Å². The molecule has 1 N–H and O–H groups in total. The van der Waals surface area contributed by atoms with Crippen molar-refractivity contribution in [1.82, 2.24) is 14.8 Å². The quantitative estimate of drug-likeness (QED) is 0.561. The minimum Gasteiger partial charge on any atom is -0.378 e. The van der Waals surface area contributed by atoms with Gasteiger partial charge in [0.1, 0.15) is 0 Å². The first-order valence-corrected chi connectivity index (χ1v) is 10.2. The van der Waals surface area contributed by atoms with Crippen molar-refractivity contribution in [2.75, 3.05) is 36.5 Å². The second-order valence-electron chi connectivity index (χ2n) is 6.51. The summed E-state index contributed by atoms with van der Waals surface area (Å²) in [5.41, 5.74) is 1.27. The van der Waals surface area contributed by atoms with Crippen LogP contribution in [-0.2, 0) is 16.1 Å². The molecule has 1 atom stereocenters. The number of hydrogen-bond acceptors (Lipinski definition) is 7. The highest BCUT2D eigenvalue weighted by atomic mass is 32.2. The summed E-state index contributed by atoms with van der Waals surface area (Å²) in [6, 6.07) is 6.93. The number of rotatable bonds is 7. The lowest BCUT2D eigenvalue weighted by Crippen LogP contribution is -2.38. The van der Waals surface area contributed by atoms with E-state index in [1.54, 1.807) is 24.3 Å². The molecule has 9 heteroatoms. The Bertz CT molecular complexity index is 831. The Morgan fingerprint density at radius 3 is 2.50 bits per heavy atom. The number of benzene rings is 1. The average Bonchev–Trinajstić information content (AvgIpc) is 3.10. The monoisotopic (exact) mass is 403 g/mol. The topological polar surface area (TPSA) is 89.3 Å². The number of nitrogens with zero attached hydrogens (tertiary/aromatic N) is 4. The first kappa shape index (κ1) is 20.3. The summed E-state index contributed by atoms with van der Waals surface area (Å²) >= 11 is 1.41. The van der Waals surface area contributed by atoms with E-state index in [-0.39, 0.29) is 16.9 Å². The van der Waals surface area contributed by atoms with Gasteiger partial charge in [-0.05, 0) is 38.1 Å². The maximum Gasteiger partial charge on any atom is 0.228 e. The van der Waals surface area contributed by atoms with Crippen LogP contribution in [0.1, 0.15) is 31.1 Å². The Balaban J connectivity index is 1.70. The molecule has 1 fully saturated rings. The van der Waals surface area contributed by atoms with E-state index in [4.69, 9.17) is 4.74 Å². The van der Waals surface area contributed by atoms with Gasteiger partial charge >= 0.3 is 0 Å². The van der Waals surface area contributed by atoms with E-state index in [0.29, 0.717) is 24.5 Å². The molecule has 28 heavy (non-hydrogen) atoms. The van der Waals surface area contributed by atoms with Crippen LogP contribution in [0.15, 0.2) is 29.4 Å². The Morgan fingerprint density at radius 1 is 1.21 bits per heavy atom. The predicted octanol–water partition coefficient (Wildman–Crippen LogP) is 2.46. The minimum absolute atomic E-state index is 0.0120. The lowest BCUT2D eigenvalue weighted by molar-refractivity contribution is -0.114. The summed E-state index contributed by atoms with van der Waals surface area (Å²) in [4.78, 5) is 26.1. The van der Waals surface area contributed by atoms with E-state index in [2.05, 4.69) is 20.4 Å². The molecule has 1 aromatic carbocycles. The van der Waals surface area contributed by atoms with Gasteiger partial charge in [0, 0.05) is 37.8 Å². The molecule has 0 saturated carbocycles. The Morgan fingerprint density at radius 2 is 1.89 bits per heavy atom. The van der Waals surface area contributed by atoms with Crippen LogP contribution in [0.5, 0.6) is 0 Å². The summed E-state index contributed by atoms with van der Waals surface area (Å²) < 4.78 is 7.45. The molecular weight excluding hydrogens is 378 g/mol. The van der Waals surface area contributed by atoms with Gasteiger partial charge in [0.15, 0.2) is 10.9 Å². The van der Waals surface area contributed by atoms with Crippen LogP contribution in [-0.4, -0.2) is 58.0 Å². The number of ether oxygens (including phenoxy) is 1. The third-order valence-electron chi connectivity index (χ3n) is 4.45. The van der Waals surface area contributed by atoms with Crippen molar-refractivity contribution in [3.05, 3.63) is 29.8 Å². The third-order valence-corrected chi connectivity index (χ3v) is 5.53. The molecule has 0 unspecified atom stereocenters. The summed E-state index contributed by atoms with van der Waals surface area (Å²) in [6.45, 7) is 9.05. The molecule has 8 nitrogen and oxygen atoms in total. The number of thioether (sulfide) groups is 1. The zero-order valence-electron chi connectivity index (χ0n) is 16.3. The molecule has 3 rings (SSSR count). The normalized spacial score (nSPS) is 15.3. The van der Waals surface area contributed by atoms with E-state index in [0.717, 1.165) is 30.7 Å². The molecule has 1 amide bonds. The van der Waals surface area contributed by atoms with E-state index >= 15 is 0 Å². The molecule has 150 valence electrons. The standard InChI is InChI=1S/C19H25N5O3S/c1-4-24-18(23-9-11-27-12-10-23)21-22-19(24)28-13(2)17(26)15-5-7-16(8-6-15)20-14(3)25/h5-8,13H,4,9-12H2,1-3H3,(H,20,25)/t13-/m1/s1. The highest BCUT2D eigenvalue weighted by molar-refractivity contribution is 8.00. The van der Waals surface area contributed by atoms with Crippen molar-refractivity contribution in [3.8, 4) is 0 Å². The van der Waals surface area contributed by atoms with Crippen molar-refractivity contribution in [3.63, 3.8) is 0 Å². The van der Waals surface area contributed by atoms with Gasteiger partial charge in [-0.2, -0.15) is 0 Å². The number of nitrogens with one attached hydrogen (secondary N) is 1. The fraction of sp³-hybridized carbons (Fsp3) is 0.474. The second-order valence-corrected chi connectivity index (χ2v) is 7.82. The lowest BCUT2D eigenvalue weighted by atomic mass is 10.1. The fourth-order valence-corrected chi connectivity index (χ4v) is 3.99. The number of carbonyl (C=O) groups is 2. The summed E-state index contributed by atoms with van der Waals surface area (Å²) in [6.07, 6.45) is 0. The molecule has 0 aliphatic carbocycles. The van der Waals surface area contributed by atoms with Crippen LogP contribution in [0.3, 0.4) is 0 Å². The molecule has 1 aromatic heterocycles. The lowest BCUT2D eigenvalue weighted by Gasteiger charge is -2.27. The predicted molar refractivity (Wildman–Crippen MR) is 109 cm³/mol. The molecule has 1 aliphatic rings. The van der Waals surface area contributed by atoms with Crippen molar-refractivity contribution >= 4 is 35.1 Å². The molecule has 0 bridgehead atoms. The van der Waals surface area contributed by atoms with Crippen molar-refractivity contribution in [2.45, 2.75) is 37.7 Å². The van der Waals surface area contributed by atoms with Crippen molar-refractivity contribution in [2.24, 2.45) is 0 Å². The molecule has 0 spiro atoms. The zero-order chi connectivity index (χ0) is 20.1. The largest absolute Gasteiger partial charge is 0.378 e. The van der Waals surface area contributed by atoms with Crippen molar-refractivity contribution < 1.29 is 14.3 Å². The van der Waals surface area contributed by atoms with Crippen LogP contribution in [0.25, 0.3) is 0 Å². The fourth-order valence-electron chi connectivity index (χ4n) is 3.01. The second kappa shape index (κ2) is 9.20. The Labute approximate surface area is 168 Å². The number of aromatic nitrogens is 3. The van der Waals surface area contributed by atoms with E-state index in [9.17, 15) is 9.59 Å².